The second-order valence-electron chi connectivity index (χ2n) is 4.62. The lowest BCUT2D eigenvalue weighted by molar-refractivity contribution is 0.0503. The van der Waals surface area contributed by atoms with Gasteiger partial charge < -0.3 is 9.15 Å². The third-order valence-electron chi connectivity index (χ3n) is 3.05. The first-order valence-electron chi connectivity index (χ1n) is 6.93. The van der Waals surface area contributed by atoms with Gasteiger partial charge in [-0.25, -0.2) is 4.79 Å². The summed E-state index contributed by atoms with van der Waals surface area (Å²) in [6.45, 7) is 0.199. The molecular weight excluding hydrogens is 280 g/mol. The molecule has 0 aliphatic rings. The maximum atomic E-state index is 11.8. The van der Waals surface area contributed by atoms with Crippen molar-refractivity contribution in [2.45, 2.75) is 6.42 Å². The summed E-state index contributed by atoms with van der Waals surface area (Å²) in [7, 11) is 0. The fourth-order valence-corrected chi connectivity index (χ4v) is 1.94. The van der Waals surface area contributed by atoms with Gasteiger partial charge in [0.1, 0.15) is 6.61 Å². The van der Waals surface area contributed by atoms with Gasteiger partial charge in [-0.15, -0.1) is 10.2 Å². The molecule has 110 valence electrons. The third-order valence-corrected chi connectivity index (χ3v) is 3.05. The minimum Gasteiger partial charge on any atom is -0.462 e. The van der Waals surface area contributed by atoms with Crippen LogP contribution in [0.2, 0.25) is 0 Å². The van der Waals surface area contributed by atoms with Gasteiger partial charge in [-0.2, -0.15) is 0 Å². The van der Waals surface area contributed by atoms with Crippen molar-refractivity contribution in [2.24, 2.45) is 0 Å². The molecule has 5 nitrogen and oxygen atoms in total. The highest BCUT2D eigenvalue weighted by Gasteiger charge is 2.10. The minimum absolute atomic E-state index is 0.199. The van der Waals surface area contributed by atoms with Crippen molar-refractivity contribution < 1.29 is 13.9 Å². The smallest absolute Gasteiger partial charge is 0.338 e. The van der Waals surface area contributed by atoms with Gasteiger partial charge in [0.2, 0.25) is 11.8 Å². The van der Waals surface area contributed by atoms with Crippen LogP contribution in [-0.2, 0) is 11.2 Å². The monoisotopic (exact) mass is 294 g/mol. The van der Waals surface area contributed by atoms with Crippen molar-refractivity contribution >= 4 is 5.97 Å². The second kappa shape index (κ2) is 6.67. The molecule has 0 radical (unpaired) electrons. The van der Waals surface area contributed by atoms with Crippen LogP contribution in [0.5, 0.6) is 0 Å². The number of hydrogen-bond acceptors (Lipinski definition) is 5. The molecule has 3 rings (SSSR count). The summed E-state index contributed by atoms with van der Waals surface area (Å²) in [5.74, 6) is 0.549. The maximum absolute atomic E-state index is 11.8. The van der Waals surface area contributed by atoms with E-state index in [1.54, 1.807) is 24.3 Å². The molecule has 5 heteroatoms. The van der Waals surface area contributed by atoms with Crippen LogP contribution in [0.3, 0.4) is 0 Å². The Morgan fingerprint density at radius 3 is 2.36 bits per heavy atom. The molecule has 0 aliphatic carbocycles. The molecule has 1 aromatic heterocycles. The Balaban J connectivity index is 1.55. The van der Waals surface area contributed by atoms with Crippen LogP contribution in [0.25, 0.3) is 11.5 Å². The lowest BCUT2D eigenvalue weighted by atomic mass is 10.2. The summed E-state index contributed by atoms with van der Waals surface area (Å²) in [6, 6.07) is 18.4. The molecule has 0 atom stereocenters. The molecule has 3 aromatic rings. The van der Waals surface area contributed by atoms with Crippen LogP contribution in [0.15, 0.2) is 65.1 Å². The number of carbonyl (C=O) groups is 1. The van der Waals surface area contributed by atoms with Crippen LogP contribution in [-0.4, -0.2) is 22.8 Å². The molecular formula is C17H14N2O3. The van der Waals surface area contributed by atoms with Crippen LogP contribution in [0.4, 0.5) is 0 Å². The quantitative estimate of drug-likeness (QED) is 0.676. The topological polar surface area (TPSA) is 65.2 Å². The highest BCUT2D eigenvalue weighted by atomic mass is 16.5. The molecule has 1 heterocycles. The lowest BCUT2D eigenvalue weighted by Crippen LogP contribution is -2.08. The van der Waals surface area contributed by atoms with E-state index < -0.39 is 0 Å². The van der Waals surface area contributed by atoms with E-state index in [1.165, 1.54) is 0 Å². The van der Waals surface area contributed by atoms with E-state index in [9.17, 15) is 4.79 Å². The average Bonchev–Trinajstić information content (AvgIpc) is 3.05. The Hall–Kier alpha value is -2.95. The summed E-state index contributed by atoms with van der Waals surface area (Å²) < 4.78 is 10.7. The zero-order valence-electron chi connectivity index (χ0n) is 11.8. The van der Waals surface area contributed by atoms with E-state index in [4.69, 9.17) is 9.15 Å². The van der Waals surface area contributed by atoms with E-state index in [0.29, 0.717) is 23.8 Å². The van der Waals surface area contributed by atoms with Crippen molar-refractivity contribution in [2.75, 3.05) is 6.61 Å². The van der Waals surface area contributed by atoms with Crippen LogP contribution in [0, 0.1) is 0 Å². The molecule has 0 aliphatic heterocycles. The van der Waals surface area contributed by atoms with Crippen LogP contribution < -0.4 is 0 Å². The van der Waals surface area contributed by atoms with Gasteiger partial charge in [0.15, 0.2) is 0 Å². The van der Waals surface area contributed by atoms with Crippen molar-refractivity contribution in [3.05, 3.63) is 72.1 Å². The van der Waals surface area contributed by atoms with Gasteiger partial charge in [-0.3, -0.25) is 0 Å². The van der Waals surface area contributed by atoms with Gasteiger partial charge in [-0.1, -0.05) is 36.4 Å². The first kappa shape index (κ1) is 14.0. The summed E-state index contributed by atoms with van der Waals surface area (Å²) in [4.78, 5) is 11.8. The molecule has 0 spiro atoms. The summed E-state index contributed by atoms with van der Waals surface area (Å²) in [5, 5.41) is 7.94. The highest BCUT2D eigenvalue weighted by molar-refractivity contribution is 5.89. The molecule has 2 aromatic carbocycles. The van der Waals surface area contributed by atoms with Gasteiger partial charge in [0, 0.05) is 5.56 Å². The maximum Gasteiger partial charge on any atom is 0.338 e. The number of benzene rings is 2. The first-order valence-corrected chi connectivity index (χ1v) is 6.93. The second-order valence-corrected chi connectivity index (χ2v) is 4.62. The van der Waals surface area contributed by atoms with E-state index in [-0.39, 0.29) is 12.6 Å². The fraction of sp³-hybridized carbons (Fsp3) is 0.118. The number of nitrogens with zero attached hydrogens (tertiary/aromatic N) is 2. The SMILES string of the molecule is O=C(OCCc1nnc(-c2ccccc2)o1)c1ccccc1. The van der Waals surface area contributed by atoms with Crippen molar-refractivity contribution in [3.63, 3.8) is 0 Å². The standard InChI is InChI=1S/C17H14N2O3/c20-17(14-9-5-2-6-10-14)21-12-11-15-18-19-16(22-15)13-7-3-1-4-8-13/h1-10H,11-12H2. The summed E-state index contributed by atoms with van der Waals surface area (Å²) >= 11 is 0. The van der Waals surface area contributed by atoms with Gasteiger partial charge in [0.05, 0.1) is 12.0 Å². The highest BCUT2D eigenvalue weighted by Crippen LogP contribution is 2.17. The van der Waals surface area contributed by atoms with Crippen molar-refractivity contribution in [3.8, 4) is 11.5 Å². The van der Waals surface area contributed by atoms with E-state index >= 15 is 0 Å². The molecule has 0 fully saturated rings. The Labute approximate surface area is 127 Å². The molecule has 0 saturated carbocycles. The van der Waals surface area contributed by atoms with Crippen molar-refractivity contribution in [1.29, 1.82) is 0 Å². The summed E-state index contributed by atoms with van der Waals surface area (Å²) in [5.41, 5.74) is 1.39. The van der Waals surface area contributed by atoms with Gasteiger partial charge in [0.25, 0.3) is 0 Å². The van der Waals surface area contributed by atoms with Crippen molar-refractivity contribution in [1.82, 2.24) is 10.2 Å². The fourth-order valence-electron chi connectivity index (χ4n) is 1.94. The number of esters is 1. The van der Waals surface area contributed by atoms with Crippen LogP contribution >= 0.6 is 0 Å². The molecule has 22 heavy (non-hydrogen) atoms. The lowest BCUT2D eigenvalue weighted by Gasteiger charge is -2.02. The van der Waals surface area contributed by atoms with Gasteiger partial charge >= 0.3 is 5.97 Å². The number of carbonyl (C=O) groups excluding carboxylic acids is 1. The Kier molecular flexibility index (Phi) is 4.25. The zero-order valence-corrected chi connectivity index (χ0v) is 11.8. The van der Waals surface area contributed by atoms with Gasteiger partial charge in [-0.05, 0) is 24.3 Å². The molecule has 0 saturated heterocycles. The van der Waals surface area contributed by atoms with E-state index in [1.807, 2.05) is 36.4 Å². The first-order chi connectivity index (χ1) is 10.8. The number of aromatic nitrogens is 2. The third kappa shape index (κ3) is 3.38. The van der Waals surface area contributed by atoms with E-state index in [2.05, 4.69) is 10.2 Å². The molecule has 0 unspecified atom stereocenters. The average molecular weight is 294 g/mol. The van der Waals surface area contributed by atoms with E-state index in [0.717, 1.165) is 5.56 Å². The summed E-state index contributed by atoms with van der Waals surface area (Å²) in [6.07, 6.45) is 0.387. The minimum atomic E-state index is -0.358. The number of rotatable bonds is 5. The van der Waals surface area contributed by atoms with Crippen LogP contribution in [0.1, 0.15) is 16.2 Å². The predicted molar refractivity (Wildman–Crippen MR) is 80.2 cm³/mol. The largest absolute Gasteiger partial charge is 0.462 e. The Morgan fingerprint density at radius 1 is 0.955 bits per heavy atom. The zero-order chi connectivity index (χ0) is 15.2. The molecule has 0 amide bonds. The number of ether oxygens (including phenoxy) is 1. The molecule has 0 N–H and O–H groups in total. The normalized spacial score (nSPS) is 10.4. The Morgan fingerprint density at radius 2 is 1.64 bits per heavy atom. The Bertz CT molecular complexity index is 739. The predicted octanol–water partition coefficient (Wildman–Crippen LogP) is 3.14. The number of hydrogen-bond donors (Lipinski definition) is 0. The molecule has 0 bridgehead atoms.